The molecule has 15 heavy (non-hydrogen) atoms. The van der Waals surface area contributed by atoms with E-state index in [0.29, 0.717) is 22.0 Å². The van der Waals surface area contributed by atoms with E-state index in [1.807, 2.05) is 0 Å². The maximum absolute atomic E-state index is 11.4. The van der Waals surface area contributed by atoms with Crippen molar-refractivity contribution < 1.29 is 13.0 Å². The van der Waals surface area contributed by atoms with Gasteiger partial charge in [-0.15, -0.1) is 0 Å². The number of rotatable bonds is 2. The largest absolute Gasteiger partial charge is 0.270 e. The van der Waals surface area contributed by atoms with Crippen LogP contribution in [0.2, 0.25) is 0 Å². The zero-order chi connectivity index (χ0) is 11.1. The minimum atomic E-state index is -2.74. The van der Waals surface area contributed by atoms with Gasteiger partial charge in [0.1, 0.15) is 13.1 Å². The first-order valence-corrected chi connectivity index (χ1v) is 8.79. The molecule has 6 heteroatoms. The lowest BCUT2D eigenvalue weighted by Gasteiger charge is -2.01. The van der Waals surface area contributed by atoms with Gasteiger partial charge < -0.3 is 0 Å². The van der Waals surface area contributed by atoms with E-state index in [-0.39, 0.29) is 0 Å². The summed E-state index contributed by atoms with van der Waals surface area (Å²) < 4.78 is 26.5. The molecule has 2 saturated heterocycles. The Labute approximate surface area is 99.6 Å². The molecular weight excluding hydrogens is 250 g/mol. The first-order chi connectivity index (χ1) is 7.05. The van der Waals surface area contributed by atoms with Crippen LogP contribution in [0.25, 0.3) is 0 Å². The number of hydrogen-bond donors (Lipinski definition) is 0. The van der Waals surface area contributed by atoms with Crippen LogP contribution in [0.15, 0.2) is 0 Å². The SMILES string of the molecule is CC[N+](CC)=C1S[C@H]2CS(=O)(=O)C[C@H]2S1. The molecule has 2 aliphatic rings. The van der Waals surface area contributed by atoms with Crippen LogP contribution in [-0.4, -0.2) is 52.5 Å². The Morgan fingerprint density at radius 3 is 2.07 bits per heavy atom. The quantitative estimate of drug-likeness (QED) is 0.700. The van der Waals surface area contributed by atoms with Crippen LogP contribution in [-0.2, 0) is 9.84 Å². The maximum atomic E-state index is 11.4. The maximum Gasteiger partial charge on any atom is 0.270 e. The second-order valence-electron chi connectivity index (χ2n) is 3.83. The summed E-state index contributed by atoms with van der Waals surface area (Å²) in [5.41, 5.74) is 0. The number of hydrogen-bond acceptors (Lipinski definition) is 4. The van der Waals surface area contributed by atoms with E-state index in [0.717, 1.165) is 13.1 Å². The van der Waals surface area contributed by atoms with Gasteiger partial charge in [0.2, 0.25) is 0 Å². The summed E-state index contributed by atoms with van der Waals surface area (Å²) in [5, 5.41) is 0.603. The molecule has 0 N–H and O–H groups in total. The van der Waals surface area contributed by atoms with Gasteiger partial charge in [-0.3, -0.25) is 0 Å². The van der Waals surface area contributed by atoms with Gasteiger partial charge in [-0.05, 0) is 37.4 Å². The van der Waals surface area contributed by atoms with E-state index in [1.165, 1.54) is 4.38 Å². The van der Waals surface area contributed by atoms with Crippen LogP contribution in [0, 0.1) is 0 Å². The second kappa shape index (κ2) is 4.30. The number of thioether (sulfide) groups is 2. The summed E-state index contributed by atoms with van der Waals surface area (Å²) in [5.74, 6) is 0.750. The minimum absolute atomic E-state index is 0.301. The van der Waals surface area contributed by atoms with E-state index < -0.39 is 9.84 Å². The van der Waals surface area contributed by atoms with Gasteiger partial charge in [0.05, 0.1) is 11.5 Å². The summed E-state index contributed by atoms with van der Waals surface area (Å²) in [7, 11) is -2.74. The average molecular weight is 266 g/mol. The van der Waals surface area contributed by atoms with Crippen molar-refractivity contribution in [1.29, 1.82) is 0 Å². The van der Waals surface area contributed by atoms with E-state index in [1.54, 1.807) is 23.5 Å². The van der Waals surface area contributed by atoms with Gasteiger partial charge in [-0.1, -0.05) is 0 Å². The summed E-state index contributed by atoms with van der Waals surface area (Å²) >= 11 is 3.53. The monoisotopic (exact) mass is 266 g/mol. The van der Waals surface area contributed by atoms with Crippen molar-refractivity contribution in [2.75, 3.05) is 24.6 Å². The van der Waals surface area contributed by atoms with Gasteiger partial charge in [-0.25, -0.2) is 13.0 Å². The van der Waals surface area contributed by atoms with Crippen molar-refractivity contribution in [3.63, 3.8) is 0 Å². The second-order valence-corrected chi connectivity index (χ2v) is 8.70. The summed E-state index contributed by atoms with van der Waals surface area (Å²) in [6.07, 6.45) is 0. The van der Waals surface area contributed by atoms with E-state index in [4.69, 9.17) is 0 Å². The Kier molecular flexibility index (Phi) is 3.38. The van der Waals surface area contributed by atoms with Crippen molar-refractivity contribution in [3.8, 4) is 0 Å². The predicted molar refractivity (Wildman–Crippen MR) is 67.8 cm³/mol. The first kappa shape index (κ1) is 11.8. The van der Waals surface area contributed by atoms with Gasteiger partial charge in [0.25, 0.3) is 4.38 Å². The molecule has 0 aromatic rings. The molecule has 0 amide bonds. The number of fused-ring (bicyclic) bond motifs is 1. The fourth-order valence-electron chi connectivity index (χ4n) is 1.92. The molecule has 2 heterocycles. The fraction of sp³-hybridized carbons (Fsp3) is 0.889. The third kappa shape index (κ3) is 2.36. The van der Waals surface area contributed by atoms with Crippen molar-refractivity contribution >= 4 is 37.7 Å². The molecule has 0 aromatic heterocycles. The highest BCUT2D eigenvalue weighted by Crippen LogP contribution is 2.44. The number of sulfone groups is 1. The summed E-state index contributed by atoms with van der Waals surface area (Å²) in [6.45, 7) is 6.31. The molecular formula is C9H16NO2S3+. The molecule has 0 bridgehead atoms. The van der Waals surface area contributed by atoms with Crippen molar-refractivity contribution in [3.05, 3.63) is 0 Å². The van der Waals surface area contributed by atoms with Gasteiger partial charge in [0.15, 0.2) is 9.84 Å². The van der Waals surface area contributed by atoms with Crippen molar-refractivity contribution in [2.45, 2.75) is 24.3 Å². The van der Waals surface area contributed by atoms with Crippen molar-refractivity contribution in [2.24, 2.45) is 0 Å². The Hall–Kier alpha value is 0.320. The van der Waals surface area contributed by atoms with Crippen molar-refractivity contribution in [1.82, 2.24) is 0 Å². The molecule has 2 fully saturated rings. The lowest BCUT2D eigenvalue weighted by atomic mass is 10.4. The normalized spacial score (nSPS) is 33.1. The third-order valence-electron chi connectivity index (χ3n) is 2.78. The fourth-order valence-corrected chi connectivity index (χ4v) is 8.68. The van der Waals surface area contributed by atoms with Gasteiger partial charge in [-0.2, -0.15) is 0 Å². The van der Waals surface area contributed by atoms with Crippen LogP contribution in [0.1, 0.15) is 13.8 Å². The van der Waals surface area contributed by atoms with Crippen LogP contribution in [0.4, 0.5) is 0 Å². The van der Waals surface area contributed by atoms with Gasteiger partial charge >= 0.3 is 0 Å². The molecule has 86 valence electrons. The zero-order valence-corrected chi connectivity index (χ0v) is 11.4. The highest BCUT2D eigenvalue weighted by molar-refractivity contribution is 8.42. The zero-order valence-electron chi connectivity index (χ0n) is 8.97. The third-order valence-corrected chi connectivity index (χ3v) is 8.20. The average Bonchev–Trinajstić information content (AvgIpc) is 2.60. The Morgan fingerprint density at radius 1 is 1.20 bits per heavy atom. The van der Waals surface area contributed by atoms with E-state index in [2.05, 4.69) is 18.4 Å². The lowest BCUT2D eigenvalue weighted by Crippen LogP contribution is -2.16. The predicted octanol–water partition coefficient (Wildman–Crippen LogP) is 1.04. The molecule has 0 aliphatic carbocycles. The molecule has 0 unspecified atom stereocenters. The van der Waals surface area contributed by atoms with E-state index >= 15 is 0 Å². The van der Waals surface area contributed by atoms with Crippen LogP contribution >= 0.6 is 23.5 Å². The van der Waals surface area contributed by atoms with Crippen LogP contribution in [0.3, 0.4) is 0 Å². The Morgan fingerprint density at radius 2 is 1.67 bits per heavy atom. The van der Waals surface area contributed by atoms with Crippen LogP contribution < -0.4 is 0 Å². The standard InChI is InChI=1S/C9H16NO2S3/c1-3-10(4-2)9-13-7-5-15(11,12)6-8(7)14-9/h7-8H,3-6H2,1-2H3/q+1/t7-,8+. The smallest absolute Gasteiger partial charge is 0.229 e. The number of nitrogens with zero attached hydrogens (tertiary/aromatic N) is 1. The lowest BCUT2D eigenvalue weighted by molar-refractivity contribution is -0.515. The summed E-state index contributed by atoms with van der Waals surface area (Å²) in [6, 6.07) is 0. The molecule has 0 radical (unpaired) electrons. The molecule has 0 saturated carbocycles. The minimum Gasteiger partial charge on any atom is -0.229 e. The molecule has 2 aliphatic heterocycles. The summed E-state index contributed by atoms with van der Waals surface area (Å²) in [4.78, 5) is 0. The Bertz CT molecular complexity index is 360. The topological polar surface area (TPSA) is 37.1 Å². The molecule has 2 rings (SSSR count). The molecule has 0 spiro atoms. The molecule has 0 aromatic carbocycles. The molecule has 3 nitrogen and oxygen atoms in total. The molecule has 2 atom stereocenters. The van der Waals surface area contributed by atoms with Gasteiger partial charge in [0, 0.05) is 10.5 Å². The van der Waals surface area contributed by atoms with Crippen LogP contribution in [0.5, 0.6) is 0 Å². The first-order valence-electron chi connectivity index (χ1n) is 5.21. The Balaban J connectivity index is 2.14. The highest BCUT2D eigenvalue weighted by Gasteiger charge is 2.47. The highest BCUT2D eigenvalue weighted by atomic mass is 32.2. The van der Waals surface area contributed by atoms with E-state index in [9.17, 15) is 8.42 Å².